The molecule has 0 saturated carbocycles. The van der Waals surface area contributed by atoms with Gasteiger partial charge in [-0.05, 0) is 28.5 Å². The van der Waals surface area contributed by atoms with Gasteiger partial charge in [0.15, 0.2) is 5.69 Å². The van der Waals surface area contributed by atoms with Crippen molar-refractivity contribution in [2.24, 2.45) is 0 Å². The highest BCUT2D eigenvalue weighted by molar-refractivity contribution is 5.92. The quantitative estimate of drug-likeness (QED) is 0.515. The van der Waals surface area contributed by atoms with Crippen LogP contribution in [0.15, 0.2) is 66.9 Å². The zero-order chi connectivity index (χ0) is 20.4. The van der Waals surface area contributed by atoms with E-state index in [1.54, 1.807) is 11.9 Å². The van der Waals surface area contributed by atoms with E-state index < -0.39 is 11.6 Å². The average Bonchev–Trinajstić information content (AvgIpc) is 3.19. The highest BCUT2D eigenvalue weighted by Gasteiger charge is 2.18. The molecule has 3 aromatic carbocycles. The molecule has 0 aliphatic carbocycles. The standard InChI is InChI=1S/C22H18F2N4O/c1-27(12-16-8-4-7-15-6-2-3-9-17(15)16)22(29)21-14-28(26-25-21)13-18-19(23)10-5-11-20(18)24/h2-11,14H,12-13H2,1H3. The van der Waals surface area contributed by atoms with Gasteiger partial charge >= 0.3 is 0 Å². The Balaban J connectivity index is 1.51. The Morgan fingerprint density at radius 2 is 1.69 bits per heavy atom. The molecule has 0 N–H and O–H groups in total. The largest absolute Gasteiger partial charge is 0.336 e. The summed E-state index contributed by atoms with van der Waals surface area (Å²) >= 11 is 0. The Labute approximate surface area is 166 Å². The molecular formula is C22H18F2N4O. The number of hydrogen-bond donors (Lipinski definition) is 0. The van der Waals surface area contributed by atoms with Crippen LogP contribution in [0.3, 0.4) is 0 Å². The molecule has 0 spiro atoms. The second kappa shape index (κ2) is 7.79. The maximum atomic E-state index is 13.8. The summed E-state index contributed by atoms with van der Waals surface area (Å²) in [5.74, 6) is -1.65. The molecule has 0 bridgehead atoms. The summed E-state index contributed by atoms with van der Waals surface area (Å²) in [6.45, 7) is 0.251. The van der Waals surface area contributed by atoms with E-state index in [-0.39, 0.29) is 23.7 Å². The number of halogens is 2. The summed E-state index contributed by atoms with van der Waals surface area (Å²) in [4.78, 5) is 14.3. The summed E-state index contributed by atoms with van der Waals surface area (Å²) in [7, 11) is 1.68. The number of nitrogens with zero attached hydrogens (tertiary/aromatic N) is 4. The maximum Gasteiger partial charge on any atom is 0.276 e. The number of aromatic nitrogens is 3. The fourth-order valence-electron chi connectivity index (χ4n) is 3.27. The molecule has 29 heavy (non-hydrogen) atoms. The molecule has 7 heteroatoms. The maximum absolute atomic E-state index is 13.8. The predicted octanol–water partition coefficient (Wildman–Crippen LogP) is 4.03. The first kappa shape index (κ1) is 18.7. The highest BCUT2D eigenvalue weighted by atomic mass is 19.1. The van der Waals surface area contributed by atoms with Crippen molar-refractivity contribution < 1.29 is 13.6 Å². The zero-order valence-corrected chi connectivity index (χ0v) is 15.7. The van der Waals surface area contributed by atoms with Gasteiger partial charge in [-0.25, -0.2) is 13.5 Å². The third-order valence-corrected chi connectivity index (χ3v) is 4.77. The van der Waals surface area contributed by atoms with Crippen molar-refractivity contribution in [2.45, 2.75) is 13.1 Å². The van der Waals surface area contributed by atoms with E-state index in [1.807, 2.05) is 42.5 Å². The number of benzene rings is 3. The molecule has 0 atom stereocenters. The summed E-state index contributed by atoms with van der Waals surface area (Å²) in [6, 6.07) is 17.6. The van der Waals surface area contributed by atoms with E-state index in [0.717, 1.165) is 16.3 Å². The van der Waals surface area contributed by atoms with E-state index in [0.29, 0.717) is 6.54 Å². The van der Waals surface area contributed by atoms with Gasteiger partial charge in [0.2, 0.25) is 0 Å². The summed E-state index contributed by atoms with van der Waals surface area (Å²) in [5.41, 5.74) is 1.00. The van der Waals surface area contributed by atoms with Crippen molar-refractivity contribution in [3.8, 4) is 0 Å². The van der Waals surface area contributed by atoms with Crippen LogP contribution in [-0.2, 0) is 13.1 Å². The Hall–Kier alpha value is -3.61. The monoisotopic (exact) mass is 392 g/mol. The second-order valence-corrected chi connectivity index (χ2v) is 6.80. The Bertz CT molecular complexity index is 1160. The van der Waals surface area contributed by atoms with Gasteiger partial charge < -0.3 is 4.90 Å². The van der Waals surface area contributed by atoms with Crippen LogP contribution in [0.5, 0.6) is 0 Å². The third kappa shape index (κ3) is 3.85. The molecule has 1 amide bonds. The van der Waals surface area contributed by atoms with E-state index in [1.165, 1.54) is 29.1 Å². The van der Waals surface area contributed by atoms with Crippen molar-refractivity contribution in [3.05, 3.63) is 95.3 Å². The van der Waals surface area contributed by atoms with Gasteiger partial charge in [-0.2, -0.15) is 0 Å². The summed E-state index contributed by atoms with van der Waals surface area (Å²) in [6.07, 6.45) is 1.40. The molecule has 4 aromatic rings. The van der Waals surface area contributed by atoms with Gasteiger partial charge in [0.1, 0.15) is 11.6 Å². The minimum absolute atomic E-state index is 0.115. The molecule has 1 heterocycles. The number of carbonyl (C=O) groups excluding carboxylic acids is 1. The fraction of sp³-hybridized carbons (Fsp3) is 0.136. The van der Waals surface area contributed by atoms with Crippen LogP contribution >= 0.6 is 0 Å². The number of rotatable bonds is 5. The van der Waals surface area contributed by atoms with Gasteiger partial charge in [-0.15, -0.1) is 5.10 Å². The highest BCUT2D eigenvalue weighted by Crippen LogP contribution is 2.20. The first-order valence-corrected chi connectivity index (χ1v) is 9.08. The molecule has 4 rings (SSSR count). The van der Waals surface area contributed by atoms with Crippen LogP contribution in [0.4, 0.5) is 8.78 Å². The molecule has 146 valence electrons. The normalized spacial score (nSPS) is 11.0. The fourth-order valence-corrected chi connectivity index (χ4v) is 3.27. The van der Waals surface area contributed by atoms with Crippen LogP contribution in [-0.4, -0.2) is 32.8 Å². The molecule has 0 aliphatic heterocycles. The van der Waals surface area contributed by atoms with Crippen LogP contribution in [0, 0.1) is 11.6 Å². The molecule has 0 unspecified atom stereocenters. The summed E-state index contributed by atoms with van der Waals surface area (Å²) in [5, 5.41) is 9.89. The van der Waals surface area contributed by atoms with Crippen LogP contribution in [0.25, 0.3) is 10.8 Å². The lowest BCUT2D eigenvalue weighted by Gasteiger charge is -2.17. The lowest BCUT2D eigenvalue weighted by molar-refractivity contribution is 0.0779. The molecule has 1 aromatic heterocycles. The van der Waals surface area contributed by atoms with E-state index >= 15 is 0 Å². The van der Waals surface area contributed by atoms with Crippen molar-refractivity contribution in [1.82, 2.24) is 19.9 Å². The molecule has 0 radical (unpaired) electrons. The average molecular weight is 392 g/mol. The molecule has 0 saturated heterocycles. The Morgan fingerprint density at radius 1 is 1.00 bits per heavy atom. The molecule has 0 fully saturated rings. The van der Waals surface area contributed by atoms with Gasteiger partial charge in [0.05, 0.1) is 12.7 Å². The number of hydrogen-bond acceptors (Lipinski definition) is 3. The third-order valence-electron chi connectivity index (χ3n) is 4.77. The predicted molar refractivity (Wildman–Crippen MR) is 105 cm³/mol. The van der Waals surface area contributed by atoms with Crippen LogP contribution in [0.1, 0.15) is 21.6 Å². The zero-order valence-electron chi connectivity index (χ0n) is 15.7. The lowest BCUT2D eigenvalue weighted by atomic mass is 10.0. The van der Waals surface area contributed by atoms with Crippen LogP contribution in [0.2, 0.25) is 0 Å². The minimum atomic E-state index is -0.665. The van der Waals surface area contributed by atoms with Gasteiger partial charge in [0.25, 0.3) is 5.91 Å². The molecule has 5 nitrogen and oxygen atoms in total. The van der Waals surface area contributed by atoms with E-state index in [4.69, 9.17) is 0 Å². The van der Waals surface area contributed by atoms with E-state index in [2.05, 4.69) is 10.3 Å². The van der Waals surface area contributed by atoms with Gasteiger partial charge in [-0.1, -0.05) is 53.7 Å². The Kier molecular flexibility index (Phi) is 5.03. The topological polar surface area (TPSA) is 51.0 Å². The minimum Gasteiger partial charge on any atom is -0.336 e. The summed E-state index contributed by atoms with van der Waals surface area (Å²) < 4.78 is 28.9. The number of amides is 1. The van der Waals surface area contributed by atoms with E-state index in [9.17, 15) is 13.6 Å². The van der Waals surface area contributed by atoms with Gasteiger partial charge in [0, 0.05) is 19.2 Å². The Morgan fingerprint density at radius 3 is 2.48 bits per heavy atom. The van der Waals surface area contributed by atoms with Crippen molar-refractivity contribution in [2.75, 3.05) is 7.05 Å². The number of fused-ring (bicyclic) bond motifs is 1. The first-order valence-electron chi connectivity index (χ1n) is 9.08. The van der Waals surface area contributed by atoms with Crippen molar-refractivity contribution in [1.29, 1.82) is 0 Å². The molecular weight excluding hydrogens is 374 g/mol. The SMILES string of the molecule is CN(Cc1cccc2ccccc12)C(=O)c1cn(Cc2c(F)cccc2F)nn1. The second-order valence-electron chi connectivity index (χ2n) is 6.80. The lowest BCUT2D eigenvalue weighted by Crippen LogP contribution is -2.26. The smallest absolute Gasteiger partial charge is 0.276 e. The number of carbonyl (C=O) groups is 1. The van der Waals surface area contributed by atoms with Crippen molar-refractivity contribution in [3.63, 3.8) is 0 Å². The van der Waals surface area contributed by atoms with Crippen LogP contribution < -0.4 is 0 Å². The van der Waals surface area contributed by atoms with Crippen molar-refractivity contribution >= 4 is 16.7 Å². The molecule has 0 aliphatic rings. The first-order chi connectivity index (χ1) is 14.0. The van der Waals surface area contributed by atoms with Gasteiger partial charge in [-0.3, -0.25) is 4.79 Å².